The number of benzene rings is 2. The van der Waals surface area contributed by atoms with Gasteiger partial charge >= 0.3 is 0 Å². The Morgan fingerprint density at radius 1 is 1.11 bits per heavy atom. The van der Waals surface area contributed by atoms with Gasteiger partial charge in [-0.05, 0) is 29.8 Å². The average Bonchev–Trinajstić information content (AvgIpc) is 2.38. The fraction of sp³-hybridized carbons (Fsp3) is 0.286. The molecule has 0 bridgehead atoms. The number of nitrogens with two attached hydrogens (primary N) is 1. The maximum atomic E-state index is 12.2. The predicted molar refractivity (Wildman–Crippen MR) is 68.2 cm³/mol. The molecule has 2 aromatic carbocycles. The van der Waals surface area contributed by atoms with Gasteiger partial charge in [-0.1, -0.05) is 30.3 Å². The van der Waals surface area contributed by atoms with Crippen molar-refractivity contribution in [1.82, 2.24) is 0 Å². The summed E-state index contributed by atoms with van der Waals surface area (Å²) in [5.41, 5.74) is 6.47. The van der Waals surface area contributed by atoms with Gasteiger partial charge in [-0.25, -0.2) is 8.78 Å². The van der Waals surface area contributed by atoms with E-state index in [2.05, 4.69) is 0 Å². The van der Waals surface area contributed by atoms with Crippen molar-refractivity contribution < 1.29 is 13.5 Å². The molecule has 18 heavy (non-hydrogen) atoms. The van der Waals surface area contributed by atoms with E-state index in [1.165, 1.54) is 0 Å². The van der Waals surface area contributed by atoms with Crippen LogP contribution < -0.4 is 10.5 Å². The fourth-order valence-corrected chi connectivity index (χ4v) is 2.01. The van der Waals surface area contributed by atoms with Crippen LogP contribution in [0, 0.1) is 0 Å². The molecule has 0 atom stereocenters. The molecule has 2 aromatic rings. The van der Waals surface area contributed by atoms with Gasteiger partial charge in [0.05, 0.1) is 0 Å². The molecule has 0 heterocycles. The summed E-state index contributed by atoms with van der Waals surface area (Å²) in [6, 6.07) is 11.4. The average molecular weight is 251 g/mol. The molecule has 96 valence electrons. The highest BCUT2D eigenvalue weighted by atomic mass is 19.3. The van der Waals surface area contributed by atoms with Crippen LogP contribution in [-0.4, -0.2) is 19.6 Å². The van der Waals surface area contributed by atoms with E-state index in [-0.39, 0.29) is 0 Å². The zero-order chi connectivity index (χ0) is 13.0. The summed E-state index contributed by atoms with van der Waals surface area (Å²) in [4.78, 5) is 0. The monoisotopic (exact) mass is 251 g/mol. The topological polar surface area (TPSA) is 35.2 Å². The number of hydrogen-bond donors (Lipinski definition) is 1. The van der Waals surface area contributed by atoms with Crippen molar-refractivity contribution in [3.63, 3.8) is 0 Å². The largest absolute Gasteiger partial charge is 0.487 e. The first-order valence-corrected chi connectivity index (χ1v) is 5.84. The van der Waals surface area contributed by atoms with Crippen LogP contribution in [0.5, 0.6) is 5.75 Å². The highest BCUT2D eigenvalue weighted by molar-refractivity contribution is 5.87. The second-order valence-electron chi connectivity index (χ2n) is 4.00. The van der Waals surface area contributed by atoms with Gasteiger partial charge < -0.3 is 10.5 Å². The van der Waals surface area contributed by atoms with E-state index >= 15 is 0 Å². The molecule has 0 unspecified atom stereocenters. The van der Waals surface area contributed by atoms with Crippen LogP contribution in [0.25, 0.3) is 10.8 Å². The Balaban J connectivity index is 2.41. The number of alkyl halides is 2. The van der Waals surface area contributed by atoms with Crippen molar-refractivity contribution in [1.29, 1.82) is 0 Å². The number of ether oxygens (including phenoxy) is 1. The smallest absolute Gasteiger partial charge is 0.272 e. The highest BCUT2D eigenvalue weighted by Gasteiger charge is 2.10. The summed E-state index contributed by atoms with van der Waals surface area (Å²) in [5.74, 6) is 0.499. The normalized spacial score (nSPS) is 11.1. The molecular formula is C14H15F2NO. The summed E-state index contributed by atoms with van der Waals surface area (Å²) in [7, 11) is 0. The van der Waals surface area contributed by atoms with E-state index in [0.29, 0.717) is 18.7 Å². The standard InChI is InChI=1S/C14H15F2NO/c15-14(16)9-18-13-6-5-10-3-1-2-4-11(10)12(13)7-8-17/h1-6,14H,7-9,17H2. The first-order valence-electron chi connectivity index (χ1n) is 5.84. The third kappa shape index (κ3) is 2.76. The minimum absolute atomic E-state index is 0.457. The molecule has 0 aliphatic heterocycles. The SMILES string of the molecule is NCCc1c(OCC(F)F)ccc2ccccc12. The van der Waals surface area contributed by atoms with Crippen molar-refractivity contribution in [2.75, 3.05) is 13.2 Å². The number of halogens is 2. The van der Waals surface area contributed by atoms with Crippen molar-refractivity contribution in [2.45, 2.75) is 12.8 Å². The van der Waals surface area contributed by atoms with Crippen LogP contribution in [0.3, 0.4) is 0 Å². The Morgan fingerprint density at radius 3 is 2.61 bits per heavy atom. The minimum Gasteiger partial charge on any atom is -0.487 e. The molecule has 0 saturated heterocycles. The molecule has 0 radical (unpaired) electrons. The van der Waals surface area contributed by atoms with Crippen molar-refractivity contribution in [3.8, 4) is 5.75 Å². The second-order valence-corrected chi connectivity index (χ2v) is 4.00. The van der Waals surface area contributed by atoms with Crippen molar-refractivity contribution in [2.24, 2.45) is 5.73 Å². The Bertz CT molecular complexity index is 528. The van der Waals surface area contributed by atoms with Gasteiger partial charge in [0, 0.05) is 5.56 Å². The van der Waals surface area contributed by atoms with Crippen molar-refractivity contribution in [3.05, 3.63) is 42.0 Å². The van der Waals surface area contributed by atoms with Crippen LogP contribution in [0.2, 0.25) is 0 Å². The van der Waals surface area contributed by atoms with E-state index < -0.39 is 13.0 Å². The van der Waals surface area contributed by atoms with Gasteiger partial charge in [0.2, 0.25) is 0 Å². The Kier molecular flexibility index (Phi) is 4.10. The molecule has 0 aromatic heterocycles. The summed E-state index contributed by atoms with van der Waals surface area (Å²) < 4.78 is 29.6. The van der Waals surface area contributed by atoms with Gasteiger partial charge in [0.25, 0.3) is 6.43 Å². The summed E-state index contributed by atoms with van der Waals surface area (Å²) in [6.07, 6.45) is -1.86. The van der Waals surface area contributed by atoms with Crippen LogP contribution >= 0.6 is 0 Å². The lowest BCUT2D eigenvalue weighted by atomic mass is 10.0. The molecule has 0 aliphatic carbocycles. The van der Waals surface area contributed by atoms with E-state index in [1.807, 2.05) is 30.3 Å². The molecule has 0 spiro atoms. The Labute approximate surface area is 104 Å². The number of fused-ring (bicyclic) bond motifs is 1. The molecule has 0 amide bonds. The maximum Gasteiger partial charge on any atom is 0.272 e. The third-order valence-electron chi connectivity index (χ3n) is 2.76. The van der Waals surface area contributed by atoms with Crippen LogP contribution in [0.4, 0.5) is 8.78 Å². The maximum absolute atomic E-state index is 12.2. The van der Waals surface area contributed by atoms with Gasteiger partial charge in [-0.15, -0.1) is 0 Å². The Morgan fingerprint density at radius 2 is 1.89 bits per heavy atom. The van der Waals surface area contributed by atoms with E-state index in [0.717, 1.165) is 16.3 Å². The third-order valence-corrected chi connectivity index (χ3v) is 2.76. The van der Waals surface area contributed by atoms with Gasteiger partial charge in [0.15, 0.2) is 0 Å². The van der Waals surface area contributed by atoms with Gasteiger partial charge in [0.1, 0.15) is 12.4 Å². The quantitative estimate of drug-likeness (QED) is 0.886. The zero-order valence-electron chi connectivity index (χ0n) is 9.90. The summed E-state index contributed by atoms with van der Waals surface area (Å²) in [6.45, 7) is -0.130. The van der Waals surface area contributed by atoms with Gasteiger partial charge in [-0.3, -0.25) is 0 Å². The Hall–Kier alpha value is -1.68. The first-order chi connectivity index (χ1) is 8.72. The molecule has 2 nitrogen and oxygen atoms in total. The van der Waals surface area contributed by atoms with E-state index in [9.17, 15) is 8.78 Å². The highest BCUT2D eigenvalue weighted by Crippen LogP contribution is 2.28. The number of hydrogen-bond acceptors (Lipinski definition) is 2. The molecule has 4 heteroatoms. The molecule has 2 N–H and O–H groups in total. The molecule has 0 aliphatic rings. The lowest BCUT2D eigenvalue weighted by Gasteiger charge is -2.13. The minimum atomic E-state index is -2.47. The summed E-state index contributed by atoms with van der Waals surface area (Å²) >= 11 is 0. The second kappa shape index (κ2) is 5.78. The molecular weight excluding hydrogens is 236 g/mol. The van der Waals surface area contributed by atoms with Crippen LogP contribution in [0.1, 0.15) is 5.56 Å². The predicted octanol–water partition coefficient (Wildman–Crippen LogP) is 2.98. The van der Waals surface area contributed by atoms with E-state index in [4.69, 9.17) is 10.5 Å². The first kappa shape index (κ1) is 12.8. The molecule has 0 fully saturated rings. The van der Waals surface area contributed by atoms with Crippen LogP contribution in [0.15, 0.2) is 36.4 Å². The summed E-state index contributed by atoms with van der Waals surface area (Å²) in [5, 5.41) is 2.07. The van der Waals surface area contributed by atoms with Crippen LogP contribution in [-0.2, 0) is 6.42 Å². The van der Waals surface area contributed by atoms with Gasteiger partial charge in [-0.2, -0.15) is 0 Å². The van der Waals surface area contributed by atoms with Crippen molar-refractivity contribution >= 4 is 10.8 Å². The lowest BCUT2D eigenvalue weighted by Crippen LogP contribution is -2.10. The lowest BCUT2D eigenvalue weighted by molar-refractivity contribution is 0.0815. The zero-order valence-corrected chi connectivity index (χ0v) is 9.90. The number of rotatable bonds is 5. The van der Waals surface area contributed by atoms with E-state index in [1.54, 1.807) is 6.07 Å². The molecule has 0 saturated carbocycles. The molecule has 2 rings (SSSR count). The fourth-order valence-electron chi connectivity index (χ4n) is 2.01.